The minimum absolute atomic E-state index is 0.218. The first-order chi connectivity index (χ1) is 11.0. The van der Waals surface area contributed by atoms with E-state index in [1.54, 1.807) is 18.2 Å². The molecule has 118 valence electrons. The van der Waals surface area contributed by atoms with Gasteiger partial charge in [-0.25, -0.2) is 0 Å². The van der Waals surface area contributed by atoms with Gasteiger partial charge in [0.05, 0.1) is 15.6 Å². The minimum atomic E-state index is -0.613. The number of rotatable bonds is 2. The molecule has 23 heavy (non-hydrogen) atoms. The number of benzene rings is 2. The second-order valence-electron chi connectivity index (χ2n) is 5.25. The summed E-state index contributed by atoms with van der Waals surface area (Å²) in [6.07, 6.45) is -0.613. The smallest absolute Gasteiger partial charge is 0.243 e. The van der Waals surface area contributed by atoms with Gasteiger partial charge in [-0.3, -0.25) is 4.79 Å². The molecule has 2 aromatic rings. The predicted molar refractivity (Wildman–Crippen MR) is 90.5 cm³/mol. The summed E-state index contributed by atoms with van der Waals surface area (Å²) < 4.78 is 5.91. The van der Waals surface area contributed by atoms with Crippen LogP contribution in [-0.4, -0.2) is 16.8 Å². The topological polar surface area (TPSA) is 41.9 Å². The van der Waals surface area contributed by atoms with Gasteiger partial charge in [0.2, 0.25) is 18.0 Å². The summed E-state index contributed by atoms with van der Waals surface area (Å²) in [6, 6.07) is 12.9. The van der Waals surface area contributed by atoms with Crippen LogP contribution >= 0.6 is 23.2 Å². The molecule has 1 aliphatic rings. The highest BCUT2D eigenvalue weighted by molar-refractivity contribution is 6.43. The lowest BCUT2D eigenvalue weighted by atomic mass is 10.1. The zero-order chi connectivity index (χ0) is 16.6. The average Bonchev–Trinajstić information content (AvgIpc) is 2.95. The van der Waals surface area contributed by atoms with Crippen LogP contribution < -0.4 is 0 Å². The molecule has 0 unspecified atom stereocenters. The molecule has 6 heteroatoms. The normalized spacial score (nSPS) is 17.0. The summed E-state index contributed by atoms with van der Waals surface area (Å²) in [7, 11) is 0. The lowest BCUT2D eigenvalue weighted by molar-refractivity contribution is -0.135. The van der Waals surface area contributed by atoms with Gasteiger partial charge < -0.3 is 4.74 Å². The van der Waals surface area contributed by atoms with E-state index in [-0.39, 0.29) is 11.8 Å². The molecular formula is C17H14Cl2N2O2. The van der Waals surface area contributed by atoms with Crippen LogP contribution in [0.15, 0.2) is 47.6 Å². The van der Waals surface area contributed by atoms with Crippen LogP contribution in [0.25, 0.3) is 0 Å². The van der Waals surface area contributed by atoms with Crippen molar-refractivity contribution in [3.8, 4) is 0 Å². The number of carbonyl (C=O) groups excluding carboxylic acids is 1. The Hall–Kier alpha value is -2.04. The van der Waals surface area contributed by atoms with E-state index in [4.69, 9.17) is 27.9 Å². The SMILES string of the molecule is CC(=O)N1N=C(c2cccc(Cl)c2Cl)O[C@@H]1c1cccc(C)c1. The predicted octanol–water partition coefficient (Wildman–Crippen LogP) is 4.54. The molecule has 0 aliphatic carbocycles. The number of nitrogens with zero attached hydrogens (tertiary/aromatic N) is 2. The summed E-state index contributed by atoms with van der Waals surface area (Å²) in [5, 5.41) is 6.34. The molecule has 1 amide bonds. The Morgan fingerprint density at radius 2 is 1.96 bits per heavy atom. The van der Waals surface area contributed by atoms with Crippen molar-refractivity contribution in [3.63, 3.8) is 0 Å². The van der Waals surface area contributed by atoms with Crippen molar-refractivity contribution in [2.75, 3.05) is 0 Å². The number of amides is 1. The van der Waals surface area contributed by atoms with E-state index >= 15 is 0 Å². The molecule has 0 fully saturated rings. The molecule has 1 aliphatic heterocycles. The Morgan fingerprint density at radius 3 is 2.65 bits per heavy atom. The lowest BCUT2D eigenvalue weighted by Gasteiger charge is -2.19. The van der Waals surface area contributed by atoms with Gasteiger partial charge in [0.25, 0.3) is 0 Å². The number of hydrazone groups is 1. The van der Waals surface area contributed by atoms with Gasteiger partial charge in [-0.15, -0.1) is 5.10 Å². The van der Waals surface area contributed by atoms with Crippen molar-refractivity contribution in [2.24, 2.45) is 5.10 Å². The maximum Gasteiger partial charge on any atom is 0.243 e. The third kappa shape index (κ3) is 3.05. The van der Waals surface area contributed by atoms with Crippen molar-refractivity contribution in [3.05, 3.63) is 69.2 Å². The third-order valence-electron chi connectivity index (χ3n) is 3.48. The number of hydrogen-bond donors (Lipinski definition) is 0. The Kier molecular flexibility index (Phi) is 4.28. The number of hydrogen-bond acceptors (Lipinski definition) is 3. The highest BCUT2D eigenvalue weighted by atomic mass is 35.5. The Morgan fingerprint density at radius 1 is 1.22 bits per heavy atom. The monoisotopic (exact) mass is 348 g/mol. The number of halogens is 2. The lowest BCUT2D eigenvalue weighted by Crippen LogP contribution is -2.25. The first-order valence-corrected chi connectivity index (χ1v) is 7.79. The number of carbonyl (C=O) groups is 1. The average molecular weight is 349 g/mol. The maximum absolute atomic E-state index is 11.9. The molecule has 0 bridgehead atoms. The molecule has 3 rings (SSSR count). The zero-order valence-electron chi connectivity index (χ0n) is 12.6. The molecule has 0 N–H and O–H groups in total. The molecule has 4 nitrogen and oxygen atoms in total. The maximum atomic E-state index is 11.9. The standard InChI is InChI=1S/C17H14Cl2N2O2/c1-10-5-3-6-12(9-10)17-21(11(2)22)20-16(23-17)13-7-4-8-14(18)15(13)19/h3-9,17H,1-2H3/t17-/m1/s1. The summed E-state index contributed by atoms with van der Waals surface area (Å²) in [6.45, 7) is 3.42. The second kappa shape index (κ2) is 6.22. The Labute approximate surface area is 144 Å². The van der Waals surface area contributed by atoms with E-state index < -0.39 is 6.23 Å². The van der Waals surface area contributed by atoms with Gasteiger partial charge in [-0.05, 0) is 19.1 Å². The fourth-order valence-corrected chi connectivity index (χ4v) is 2.77. The second-order valence-corrected chi connectivity index (χ2v) is 6.04. The van der Waals surface area contributed by atoms with Gasteiger partial charge in [-0.2, -0.15) is 5.01 Å². The zero-order valence-corrected chi connectivity index (χ0v) is 14.1. The van der Waals surface area contributed by atoms with Crippen molar-refractivity contribution < 1.29 is 9.53 Å². The summed E-state index contributed by atoms with van der Waals surface area (Å²) in [5.74, 6) is 0.0591. The quantitative estimate of drug-likeness (QED) is 0.799. The number of aryl methyl sites for hydroxylation is 1. The number of ether oxygens (including phenoxy) is 1. The molecule has 0 spiro atoms. The fourth-order valence-electron chi connectivity index (χ4n) is 2.38. The third-order valence-corrected chi connectivity index (χ3v) is 4.29. The van der Waals surface area contributed by atoms with E-state index in [9.17, 15) is 4.79 Å². The van der Waals surface area contributed by atoms with E-state index in [1.165, 1.54) is 11.9 Å². The molecular weight excluding hydrogens is 335 g/mol. The summed E-state index contributed by atoms with van der Waals surface area (Å²) >= 11 is 12.3. The molecule has 0 aromatic heterocycles. The van der Waals surface area contributed by atoms with E-state index in [2.05, 4.69) is 5.10 Å². The van der Waals surface area contributed by atoms with Crippen LogP contribution in [0.3, 0.4) is 0 Å². The van der Waals surface area contributed by atoms with Crippen molar-refractivity contribution in [2.45, 2.75) is 20.1 Å². The molecule has 1 heterocycles. The first-order valence-electron chi connectivity index (χ1n) is 7.03. The summed E-state index contributed by atoms with van der Waals surface area (Å²) in [5.41, 5.74) is 2.47. The summed E-state index contributed by atoms with van der Waals surface area (Å²) in [4.78, 5) is 11.9. The van der Waals surface area contributed by atoms with Crippen LogP contribution in [0, 0.1) is 6.92 Å². The van der Waals surface area contributed by atoms with Crippen LogP contribution in [-0.2, 0) is 9.53 Å². The molecule has 0 saturated carbocycles. The Balaban J connectivity index is 2.01. The molecule has 0 saturated heterocycles. The van der Waals surface area contributed by atoms with Crippen molar-refractivity contribution in [1.29, 1.82) is 0 Å². The van der Waals surface area contributed by atoms with E-state index in [0.29, 0.717) is 15.6 Å². The van der Waals surface area contributed by atoms with E-state index in [0.717, 1.165) is 11.1 Å². The minimum Gasteiger partial charge on any atom is -0.446 e. The van der Waals surface area contributed by atoms with E-state index in [1.807, 2.05) is 31.2 Å². The highest BCUT2D eigenvalue weighted by Crippen LogP contribution is 2.34. The largest absolute Gasteiger partial charge is 0.446 e. The Bertz CT molecular complexity index is 805. The van der Waals surface area contributed by atoms with Gasteiger partial charge in [0.15, 0.2) is 0 Å². The van der Waals surface area contributed by atoms with Crippen LogP contribution in [0.4, 0.5) is 0 Å². The van der Waals surface area contributed by atoms with Crippen molar-refractivity contribution in [1.82, 2.24) is 5.01 Å². The highest BCUT2D eigenvalue weighted by Gasteiger charge is 2.34. The van der Waals surface area contributed by atoms with Crippen molar-refractivity contribution >= 4 is 35.0 Å². The van der Waals surface area contributed by atoms with Gasteiger partial charge in [0, 0.05) is 12.5 Å². The molecule has 1 atom stereocenters. The fraction of sp³-hybridized carbons (Fsp3) is 0.176. The van der Waals surface area contributed by atoms with Crippen LogP contribution in [0.1, 0.15) is 29.8 Å². The van der Waals surface area contributed by atoms with Gasteiger partial charge >= 0.3 is 0 Å². The van der Waals surface area contributed by atoms with Gasteiger partial charge in [0.1, 0.15) is 0 Å². The molecule has 2 aromatic carbocycles. The van der Waals surface area contributed by atoms with Crippen LogP contribution in [0.5, 0.6) is 0 Å². The first kappa shape index (κ1) is 15.8. The van der Waals surface area contributed by atoms with Crippen LogP contribution in [0.2, 0.25) is 10.0 Å². The molecule has 0 radical (unpaired) electrons. The van der Waals surface area contributed by atoms with Gasteiger partial charge in [-0.1, -0.05) is 59.1 Å².